The first-order valence-corrected chi connectivity index (χ1v) is 7.29. The molecule has 1 N–H and O–H groups in total. The molecular weight excluding hydrogens is 333 g/mol. The highest BCUT2D eigenvalue weighted by atomic mass is 35.5. The van der Waals surface area contributed by atoms with Crippen LogP contribution in [-0.4, -0.2) is 24.2 Å². The number of rotatable bonds is 4. The standard InChI is InChI=1S/C15H12Cl3NO2/c16-10-1-4-12(5-2-10)19(7-8-20)15(21)13-6-3-11(17)9-14(13)18/h1-6,9,20H,7-8H2. The van der Waals surface area contributed by atoms with Gasteiger partial charge in [-0.25, -0.2) is 0 Å². The number of benzene rings is 2. The Labute approximate surface area is 137 Å². The minimum Gasteiger partial charge on any atom is -0.395 e. The topological polar surface area (TPSA) is 40.5 Å². The molecular formula is C15H12Cl3NO2. The third kappa shape index (κ3) is 3.89. The van der Waals surface area contributed by atoms with Gasteiger partial charge in [-0.2, -0.15) is 0 Å². The molecule has 3 nitrogen and oxygen atoms in total. The predicted octanol–water partition coefficient (Wildman–Crippen LogP) is 4.29. The van der Waals surface area contributed by atoms with Gasteiger partial charge in [-0.15, -0.1) is 0 Å². The average Bonchev–Trinajstić information content (AvgIpc) is 2.45. The van der Waals surface area contributed by atoms with Crippen molar-refractivity contribution >= 4 is 46.4 Å². The fraction of sp³-hybridized carbons (Fsp3) is 0.133. The number of amides is 1. The highest BCUT2D eigenvalue weighted by molar-refractivity contribution is 6.37. The number of hydrogen-bond donors (Lipinski definition) is 1. The normalized spacial score (nSPS) is 10.5. The second kappa shape index (κ2) is 7.14. The fourth-order valence-corrected chi connectivity index (χ4v) is 2.49. The Hall–Kier alpha value is -1.26. The lowest BCUT2D eigenvalue weighted by atomic mass is 10.1. The smallest absolute Gasteiger partial charge is 0.259 e. The molecule has 0 bridgehead atoms. The van der Waals surface area contributed by atoms with E-state index in [2.05, 4.69) is 0 Å². The van der Waals surface area contributed by atoms with Crippen LogP contribution in [-0.2, 0) is 0 Å². The summed E-state index contributed by atoms with van der Waals surface area (Å²) in [6.07, 6.45) is 0. The van der Waals surface area contributed by atoms with Crippen LogP contribution in [0.15, 0.2) is 42.5 Å². The van der Waals surface area contributed by atoms with Crippen LogP contribution in [0.5, 0.6) is 0 Å². The summed E-state index contributed by atoms with van der Waals surface area (Å²) >= 11 is 17.7. The molecule has 0 unspecified atom stereocenters. The molecule has 0 aliphatic carbocycles. The van der Waals surface area contributed by atoms with E-state index in [1.807, 2.05) is 0 Å². The Balaban J connectivity index is 2.37. The van der Waals surface area contributed by atoms with E-state index in [-0.39, 0.29) is 24.1 Å². The number of halogens is 3. The van der Waals surface area contributed by atoms with Gasteiger partial charge in [0.2, 0.25) is 0 Å². The number of carbonyl (C=O) groups is 1. The molecule has 1 amide bonds. The second-order valence-electron chi connectivity index (χ2n) is 4.28. The van der Waals surface area contributed by atoms with E-state index in [1.54, 1.807) is 36.4 Å². The third-order valence-electron chi connectivity index (χ3n) is 2.87. The van der Waals surface area contributed by atoms with E-state index in [4.69, 9.17) is 34.8 Å². The van der Waals surface area contributed by atoms with Gasteiger partial charge in [0.15, 0.2) is 0 Å². The molecule has 0 atom stereocenters. The Morgan fingerprint density at radius 1 is 1.00 bits per heavy atom. The van der Waals surface area contributed by atoms with Crippen LogP contribution < -0.4 is 4.90 Å². The number of aliphatic hydroxyl groups is 1. The molecule has 0 radical (unpaired) electrons. The van der Waals surface area contributed by atoms with E-state index in [1.165, 1.54) is 11.0 Å². The van der Waals surface area contributed by atoms with Crippen LogP contribution in [0, 0.1) is 0 Å². The molecule has 0 aromatic heterocycles. The van der Waals surface area contributed by atoms with Crippen molar-refractivity contribution < 1.29 is 9.90 Å². The highest BCUT2D eigenvalue weighted by Crippen LogP contribution is 2.25. The molecule has 2 aromatic rings. The van der Waals surface area contributed by atoms with Gasteiger partial charge in [0, 0.05) is 22.3 Å². The van der Waals surface area contributed by atoms with Gasteiger partial charge in [-0.3, -0.25) is 4.79 Å². The van der Waals surface area contributed by atoms with Crippen molar-refractivity contribution in [1.29, 1.82) is 0 Å². The third-order valence-corrected chi connectivity index (χ3v) is 3.67. The number of aliphatic hydroxyl groups excluding tert-OH is 1. The molecule has 2 rings (SSSR count). The Morgan fingerprint density at radius 3 is 2.19 bits per heavy atom. The molecule has 0 aliphatic rings. The van der Waals surface area contributed by atoms with Gasteiger partial charge < -0.3 is 10.0 Å². The summed E-state index contributed by atoms with van der Waals surface area (Å²) < 4.78 is 0. The first-order valence-electron chi connectivity index (χ1n) is 6.16. The van der Waals surface area contributed by atoms with E-state index in [9.17, 15) is 9.90 Å². The lowest BCUT2D eigenvalue weighted by Gasteiger charge is -2.22. The number of anilines is 1. The van der Waals surface area contributed by atoms with E-state index in [0.717, 1.165) is 0 Å². The van der Waals surface area contributed by atoms with Crippen molar-refractivity contribution in [3.05, 3.63) is 63.1 Å². The van der Waals surface area contributed by atoms with Crippen LogP contribution in [0.1, 0.15) is 10.4 Å². The summed E-state index contributed by atoms with van der Waals surface area (Å²) in [5.41, 5.74) is 0.953. The largest absolute Gasteiger partial charge is 0.395 e. The van der Waals surface area contributed by atoms with Crippen molar-refractivity contribution in [3.8, 4) is 0 Å². The minimum atomic E-state index is -0.312. The van der Waals surface area contributed by atoms with Gasteiger partial charge in [-0.1, -0.05) is 34.8 Å². The minimum absolute atomic E-state index is 0.152. The second-order valence-corrected chi connectivity index (χ2v) is 5.56. The maximum absolute atomic E-state index is 12.6. The zero-order valence-electron chi connectivity index (χ0n) is 10.9. The molecule has 0 fully saturated rings. The van der Waals surface area contributed by atoms with Gasteiger partial charge >= 0.3 is 0 Å². The number of nitrogens with zero attached hydrogens (tertiary/aromatic N) is 1. The van der Waals surface area contributed by atoms with Crippen LogP contribution in [0.25, 0.3) is 0 Å². The average molecular weight is 345 g/mol. The summed E-state index contributed by atoms with van der Waals surface area (Å²) in [5.74, 6) is -0.312. The van der Waals surface area contributed by atoms with Gasteiger partial charge in [0.25, 0.3) is 5.91 Å². The number of hydrogen-bond acceptors (Lipinski definition) is 2. The van der Waals surface area contributed by atoms with Crippen molar-refractivity contribution in [2.45, 2.75) is 0 Å². The summed E-state index contributed by atoms with van der Waals surface area (Å²) in [6, 6.07) is 11.4. The monoisotopic (exact) mass is 343 g/mol. The van der Waals surface area contributed by atoms with Crippen LogP contribution in [0.3, 0.4) is 0 Å². The zero-order valence-corrected chi connectivity index (χ0v) is 13.2. The first kappa shape index (κ1) is 16.1. The lowest BCUT2D eigenvalue weighted by Crippen LogP contribution is -2.33. The number of carbonyl (C=O) groups excluding carboxylic acids is 1. The maximum atomic E-state index is 12.6. The van der Waals surface area contributed by atoms with Crippen LogP contribution in [0.2, 0.25) is 15.1 Å². The van der Waals surface area contributed by atoms with Gasteiger partial charge in [0.05, 0.1) is 17.2 Å². The quantitative estimate of drug-likeness (QED) is 0.899. The SMILES string of the molecule is O=C(c1ccc(Cl)cc1Cl)N(CCO)c1ccc(Cl)cc1. The van der Waals surface area contributed by atoms with E-state index >= 15 is 0 Å². The lowest BCUT2D eigenvalue weighted by molar-refractivity contribution is 0.0981. The molecule has 2 aromatic carbocycles. The predicted molar refractivity (Wildman–Crippen MR) is 86.7 cm³/mol. The molecule has 0 aliphatic heterocycles. The summed E-state index contributed by atoms with van der Waals surface area (Å²) in [5, 5.41) is 10.5. The summed E-state index contributed by atoms with van der Waals surface area (Å²) in [4.78, 5) is 14.0. The summed E-state index contributed by atoms with van der Waals surface area (Å²) in [6.45, 7) is -0.0149. The Bertz CT molecular complexity index is 644. The fourth-order valence-electron chi connectivity index (χ4n) is 1.88. The Morgan fingerprint density at radius 2 is 1.62 bits per heavy atom. The van der Waals surface area contributed by atoms with E-state index in [0.29, 0.717) is 21.3 Å². The molecule has 21 heavy (non-hydrogen) atoms. The summed E-state index contributed by atoms with van der Waals surface area (Å²) in [7, 11) is 0. The molecule has 0 saturated heterocycles. The Kier molecular flexibility index (Phi) is 5.48. The van der Waals surface area contributed by atoms with Crippen molar-refractivity contribution in [1.82, 2.24) is 0 Å². The van der Waals surface area contributed by atoms with Gasteiger partial charge in [0.1, 0.15) is 0 Å². The first-order chi connectivity index (χ1) is 10.0. The van der Waals surface area contributed by atoms with Crippen molar-refractivity contribution in [3.63, 3.8) is 0 Å². The zero-order chi connectivity index (χ0) is 15.4. The van der Waals surface area contributed by atoms with Crippen molar-refractivity contribution in [2.75, 3.05) is 18.1 Å². The molecule has 6 heteroatoms. The van der Waals surface area contributed by atoms with E-state index < -0.39 is 0 Å². The maximum Gasteiger partial charge on any atom is 0.259 e. The van der Waals surface area contributed by atoms with Crippen LogP contribution >= 0.6 is 34.8 Å². The highest BCUT2D eigenvalue weighted by Gasteiger charge is 2.19. The molecule has 110 valence electrons. The molecule has 0 heterocycles. The molecule has 0 spiro atoms. The van der Waals surface area contributed by atoms with Crippen LogP contribution in [0.4, 0.5) is 5.69 Å². The molecule has 0 saturated carbocycles. The van der Waals surface area contributed by atoms with Gasteiger partial charge in [-0.05, 0) is 42.5 Å². The van der Waals surface area contributed by atoms with Crippen molar-refractivity contribution in [2.24, 2.45) is 0 Å².